The Hall–Kier alpha value is -1.62. The number of nitrogen functional groups attached to an aromatic ring is 1. The van der Waals surface area contributed by atoms with Crippen LogP contribution in [0.2, 0.25) is 0 Å². The third-order valence-corrected chi connectivity index (χ3v) is 3.33. The number of nitrogens with one attached hydrogen (secondary N) is 1. The van der Waals surface area contributed by atoms with Gasteiger partial charge in [0.1, 0.15) is 11.5 Å². The van der Waals surface area contributed by atoms with Gasteiger partial charge in [-0.05, 0) is 30.9 Å². The van der Waals surface area contributed by atoms with E-state index in [4.69, 9.17) is 15.9 Å². The minimum Gasteiger partial charge on any atom is -0.382 e. The van der Waals surface area contributed by atoms with Crippen molar-refractivity contribution in [3.8, 4) is 0 Å². The van der Waals surface area contributed by atoms with Crippen molar-refractivity contribution in [2.24, 2.45) is 11.7 Å². The molecule has 5 nitrogen and oxygen atoms in total. The summed E-state index contributed by atoms with van der Waals surface area (Å²) in [6, 6.07) is 3.84. The summed E-state index contributed by atoms with van der Waals surface area (Å²) in [5, 5.41) is 7.56. The van der Waals surface area contributed by atoms with Gasteiger partial charge in [-0.15, -0.1) is 0 Å². The molecule has 0 spiro atoms. The lowest BCUT2D eigenvalue weighted by Crippen LogP contribution is -2.31. The highest BCUT2D eigenvalue weighted by Gasteiger charge is 2.18. The molecule has 2 heterocycles. The molecule has 2 rings (SSSR count). The van der Waals surface area contributed by atoms with Gasteiger partial charge in [0.05, 0.1) is 5.69 Å². The molecule has 0 amide bonds. The minimum atomic E-state index is 0.0180. The maximum atomic E-state index is 7.56. The van der Waals surface area contributed by atoms with E-state index in [0.29, 0.717) is 11.6 Å². The number of anilines is 1. The second-order valence-electron chi connectivity index (χ2n) is 4.72. The molecule has 0 saturated carbocycles. The molecule has 98 valence electrons. The molecule has 1 saturated heterocycles. The zero-order valence-corrected chi connectivity index (χ0v) is 10.7. The van der Waals surface area contributed by atoms with Gasteiger partial charge in [0, 0.05) is 33.0 Å². The maximum Gasteiger partial charge on any atom is 0.143 e. The van der Waals surface area contributed by atoms with Crippen LogP contribution in [0.5, 0.6) is 0 Å². The molecular weight excluding hydrogens is 228 g/mol. The third-order valence-electron chi connectivity index (χ3n) is 3.33. The molecule has 5 heteroatoms. The van der Waals surface area contributed by atoms with Crippen LogP contribution in [0.3, 0.4) is 0 Å². The smallest absolute Gasteiger partial charge is 0.143 e. The molecule has 1 aromatic heterocycles. The zero-order valence-electron chi connectivity index (χ0n) is 10.7. The number of hydrogen-bond donors (Lipinski definition) is 2. The Morgan fingerprint density at radius 2 is 2.28 bits per heavy atom. The largest absolute Gasteiger partial charge is 0.382 e. The van der Waals surface area contributed by atoms with Gasteiger partial charge in [0.25, 0.3) is 0 Å². The lowest BCUT2D eigenvalue weighted by Gasteiger charge is -2.29. The number of nitrogens with two attached hydrogens (primary N) is 1. The lowest BCUT2D eigenvalue weighted by atomic mass is 9.99. The van der Waals surface area contributed by atoms with E-state index < -0.39 is 0 Å². The first-order valence-corrected chi connectivity index (χ1v) is 6.26. The predicted octanol–water partition coefficient (Wildman–Crippen LogP) is 1.23. The first kappa shape index (κ1) is 12.8. The van der Waals surface area contributed by atoms with E-state index in [9.17, 15) is 0 Å². The van der Waals surface area contributed by atoms with E-state index in [2.05, 4.69) is 9.88 Å². The quantitative estimate of drug-likeness (QED) is 0.620. The van der Waals surface area contributed by atoms with E-state index in [1.807, 2.05) is 19.2 Å². The van der Waals surface area contributed by atoms with Gasteiger partial charge in [-0.3, -0.25) is 10.4 Å². The fourth-order valence-electron chi connectivity index (χ4n) is 2.33. The molecule has 0 bridgehead atoms. The Balaban J connectivity index is 2.08. The molecule has 0 aliphatic carbocycles. The van der Waals surface area contributed by atoms with Gasteiger partial charge in [-0.2, -0.15) is 0 Å². The van der Waals surface area contributed by atoms with Gasteiger partial charge in [-0.1, -0.05) is 0 Å². The van der Waals surface area contributed by atoms with E-state index in [0.717, 1.165) is 38.3 Å². The van der Waals surface area contributed by atoms with Crippen molar-refractivity contribution < 1.29 is 4.74 Å². The Kier molecular flexibility index (Phi) is 4.15. The highest BCUT2D eigenvalue weighted by molar-refractivity contribution is 5.98. The lowest BCUT2D eigenvalue weighted by molar-refractivity contribution is 0.0685. The van der Waals surface area contributed by atoms with Crippen LogP contribution in [0.15, 0.2) is 18.3 Å². The number of ether oxygens (including phenoxy) is 1. The fourth-order valence-corrected chi connectivity index (χ4v) is 2.33. The SMILES string of the molecule is CN(CC1CCOCC1)c1cccnc1C(=N)N. The van der Waals surface area contributed by atoms with Crippen LogP contribution >= 0.6 is 0 Å². The number of amidine groups is 1. The Bertz CT molecular complexity index is 415. The summed E-state index contributed by atoms with van der Waals surface area (Å²) in [6.07, 6.45) is 3.86. The summed E-state index contributed by atoms with van der Waals surface area (Å²) in [5.41, 5.74) is 7.05. The standard InChI is InChI=1S/C13H20N4O/c1-17(9-10-4-7-18-8-5-10)11-3-2-6-16-12(11)13(14)15/h2-3,6,10H,4-5,7-9H2,1H3,(H3,14,15). The average molecular weight is 248 g/mol. The molecule has 1 aliphatic heterocycles. The van der Waals surface area contributed by atoms with Crippen molar-refractivity contribution in [1.29, 1.82) is 5.41 Å². The summed E-state index contributed by atoms with van der Waals surface area (Å²) >= 11 is 0. The van der Waals surface area contributed by atoms with Crippen LogP contribution in [0.1, 0.15) is 18.5 Å². The van der Waals surface area contributed by atoms with Crippen LogP contribution in [-0.2, 0) is 4.74 Å². The van der Waals surface area contributed by atoms with E-state index in [1.54, 1.807) is 6.20 Å². The molecule has 0 aromatic carbocycles. The number of rotatable bonds is 4. The van der Waals surface area contributed by atoms with Crippen LogP contribution in [0, 0.1) is 11.3 Å². The number of nitrogens with zero attached hydrogens (tertiary/aromatic N) is 2. The van der Waals surface area contributed by atoms with Crippen LogP contribution < -0.4 is 10.6 Å². The topological polar surface area (TPSA) is 75.2 Å². The van der Waals surface area contributed by atoms with Crippen molar-refractivity contribution >= 4 is 11.5 Å². The summed E-state index contributed by atoms with van der Waals surface area (Å²) in [5.74, 6) is 0.660. The molecule has 18 heavy (non-hydrogen) atoms. The molecule has 0 atom stereocenters. The van der Waals surface area contributed by atoms with Crippen LogP contribution in [0.4, 0.5) is 5.69 Å². The third kappa shape index (κ3) is 2.98. The van der Waals surface area contributed by atoms with E-state index in [-0.39, 0.29) is 5.84 Å². The Morgan fingerprint density at radius 3 is 2.94 bits per heavy atom. The van der Waals surface area contributed by atoms with Gasteiger partial charge in [0.15, 0.2) is 0 Å². The number of pyridine rings is 1. The molecule has 0 unspecified atom stereocenters. The normalized spacial score (nSPS) is 16.5. The van der Waals surface area contributed by atoms with Crippen molar-refractivity contribution in [3.63, 3.8) is 0 Å². The monoisotopic (exact) mass is 248 g/mol. The Morgan fingerprint density at radius 1 is 1.56 bits per heavy atom. The fraction of sp³-hybridized carbons (Fsp3) is 0.538. The van der Waals surface area contributed by atoms with Crippen molar-refractivity contribution in [2.75, 3.05) is 31.7 Å². The van der Waals surface area contributed by atoms with Crippen molar-refractivity contribution in [1.82, 2.24) is 4.98 Å². The van der Waals surface area contributed by atoms with Gasteiger partial charge >= 0.3 is 0 Å². The van der Waals surface area contributed by atoms with Gasteiger partial charge in [0.2, 0.25) is 0 Å². The van der Waals surface area contributed by atoms with Crippen molar-refractivity contribution in [2.45, 2.75) is 12.8 Å². The van der Waals surface area contributed by atoms with Crippen LogP contribution in [-0.4, -0.2) is 37.6 Å². The first-order chi connectivity index (χ1) is 8.68. The zero-order chi connectivity index (χ0) is 13.0. The van der Waals surface area contributed by atoms with Crippen LogP contribution in [0.25, 0.3) is 0 Å². The molecular formula is C13H20N4O. The minimum absolute atomic E-state index is 0.0180. The van der Waals surface area contributed by atoms with E-state index >= 15 is 0 Å². The van der Waals surface area contributed by atoms with Gasteiger partial charge < -0.3 is 15.4 Å². The van der Waals surface area contributed by atoms with Crippen molar-refractivity contribution in [3.05, 3.63) is 24.0 Å². The molecule has 1 aliphatic rings. The molecule has 3 N–H and O–H groups in total. The molecule has 1 aromatic rings. The Labute approximate surface area is 107 Å². The molecule has 0 radical (unpaired) electrons. The highest BCUT2D eigenvalue weighted by Crippen LogP contribution is 2.21. The predicted molar refractivity (Wildman–Crippen MR) is 72.1 cm³/mol. The summed E-state index contributed by atoms with van der Waals surface area (Å²) in [4.78, 5) is 6.32. The second-order valence-corrected chi connectivity index (χ2v) is 4.72. The summed E-state index contributed by atoms with van der Waals surface area (Å²) in [6.45, 7) is 2.66. The summed E-state index contributed by atoms with van der Waals surface area (Å²) in [7, 11) is 2.03. The number of hydrogen-bond acceptors (Lipinski definition) is 4. The summed E-state index contributed by atoms with van der Waals surface area (Å²) < 4.78 is 5.36. The number of aromatic nitrogens is 1. The maximum absolute atomic E-state index is 7.56. The second kappa shape index (κ2) is 5.82. The average Bonchev–Trinajstić information content (AvgIpc) is 2.40. The first-order valence-electron chi connectivity index (χ1n) is 6.26. The van der Waals surface area contributed by atoms with Gasteiger partial charge in [-0.25, -0.2) is 0 Å². The molecule has 1 fully saturated rings. The highest BCUT2D eigenvalue weighted by atomic mass is 16.5. The van der Waals surface area contributed by atoms with E-state index in [1.165, 1.54) is 0 Å².